The highest BCUT2D eigenvalue weighted by Gasteiger charge is 2.16. The summed E-state index contributed by atoms with van der Waals surface area (Å²) in [5, 5.41) is 7.21. The molecule has 1 heterocycles. The zero-order chi connectivity index (χ0) is 14.4. The van der Waals surface area contributed by atoms with E-state index in [2.05, 4.69) is 15.4 Å². The maximum Gasteiger partial charge on any atom is 0.328 e. The average Bonchev–Trinajstić information content (AvgIpc) is 2.98. The Bertz CT molecular complexity index is 537. The van der Waals surface area contributed by atoms with Gasteiger partial charge in [0.1, 0.15) is 18.7 Å². The van der Waals surface area contributed by atoms with Crippen LogP contribution in [0.2, 0.25) is 0 Å². The van der Waals surface area contributed by atoms with Gasteiger partial charge in [-0.15, -0.1) is 0 Å². The summed E-state index contributed by atoms with van der Waals surface area (Å²) in [5.41, 5.74) is 2.01. The predicted molar refractivity (Wildman–Crippen MR) is 75.3 cm³/mol. The number of anilines is 1. The van der Waals surface area contributed by atoms with Gasteiger partial charge in [-0.2, -0.15) is 5.10 Å². The molecular formula is C14H18N4O2. The molecule has 0 aliphatic carbocycles. The second kappa shape index (κ2) is 6.70. The number of hydrogen-bond acceptors (Lipinski definition) is 5. The highest BCUT2D eigenvalue weighted by Crippen LogP contribution is 2.13. The summed E-state index contributed by atoms with van der Waals surface area (Å²) in [5.74, 6) is -0.251. The number of benzene rings is 1. The fraction of sp³-hybridized carbons (Fsp3) is 0.357. The van der Waals surface area contributed by atoms with Crippen molar-refractivity contribution in [3.05, 3.63) is 42.5 Å². The molecule has 0 bridgehead atoms. The second-order valence-electron chi connectivity index (χ2n) is 4.42. The van der Waals surface area contributed by atoms with E-state index in [0.717, 1.165) is 11.3 Å². The van der Waals surface area contributed by atoms with Crippen molar-refractivity contribution in [3.63, 3.8) is 0 Å². The molecule has 0 aliphatic heterocycles. The summed E-state index contributed by atoms with van der Waals surface area (Å²) in [4.78, 5) is 15.4. The first-order chi connectivity index (χ1) is 9.72. The number of esters is 1. The lowest BCUT2D eigenvalue weighted by Crippen LogP contribution is -2.29. The summed E-state index contributed by atoms with van der Waals surface area (Å²) in [7, 11) is 1.40. The van der Waals surface area contributed by atoms with Crippen molar-refractivity contribution in [1.82, 2.24) is 14.8 Å². The molecule has 1 unspecified atom stereocenters. The first-order valence-electron chi connectivity index (χ1n) is 6.48. The number of nitrogens with zero attached hydrogens (tertiary/aromatic N) is 3. The third-order valence-electron chi connectivity index (χ3n) is 3.00. The van der Waals surface area contributed by atoms with E-state index in [0.29, 0.717) is 13.0 Å². The SMILES string of the molecule is CCC(Nc1ccc(Cn2cncn2)cc1)C(=O)OC. The van der Waals surface area contributed by atoms with E-state index in [1.165, 1.54) is 13.4 Å². The lowest BCUT2D eigenvalue weighted by Gasteiger charge is -2.16. The van der Waals surface area contributed by atoms with Gasteiger partial charge in [-0.3, -0.25) is 0 Å². The van der Waals surface area contributed by atoms with Gasteiger partial charge in [0, 0.05) is 5.69 Å². The minimum atomic E-state index is -0.318. The summed E-state index contributed by atoms with van der Waals surface area (Å²) in [6.07, 6.45) is 3.86. The Hall–Kier alpha value is -2.37. The third kappa shape index (κ3) is 3.57. The van der Waals surface area contributed by atoms with Crippen molar-refractivity contribution < 1.29 is 9.53 Å². The molecule has 2 rings (SSSR count). The topological polar surface area (TPSA) is 69.0 Å². The van der Waals surface area contributed by atoms with E-state index in [1.807, 2.05) is 31.2 Å². The number of methoxy groups -OCH3 is 1. The number of ether oxygens (including phenoxy) is 1. The lowest BCUT2D eigenvalue weighted by atomic mass is 10.1. The van der Waals surface area contributed by atoms with Crippen LogP contribution in [0.25, 0.3) is 0 Å². The zero-order valence-electron chi connectivity index (χ0n) is 11.6. The predicted octanol–water partition coefficient (Wildman–Crippen LogP) is 1.69. The first kappa shape index (κ1) is 14.0. The number of aromatic nitrogens is 3. The average molecular weight is 274 g/mol. The Morgan fingerprint density at radius 1 is 1.40 bits per heavy atom. The summed E-state index contributed by atoms with van der Waals surface area (Å²) in [6, 6.07) is 7.55. The van der Waals surface area contributed by atoms with Crippen LogP contribution in [0.4, 0.5) is 5.69 Å². The van der Waals surface area contributed by atoms with Gasteiger partial charge >= 0.3 is 5.97 Å². The van der Waals surface area contributed by atoms with Crippen LogP contribution < -0.4 is 5.32 Å². The van der Waals surface area contributed by atoms with E-state index in [-0.39, 0.29) is 12.0 Å². The highest BCUT2D eigenvalue weighted by atomic mass is 16.5. The number of carbonyl (C=O) groups is 1. The van der Waals surface area contributed by atoms with Crippen LogP contribution in [0.5, 0.6) is 0 Å². The Balaban J connectivity index is 1.99. The second-order valence-corrected chi connectivity index (χ2v) is 4.42. The Morgan fingerprint density at radius 3 is 2.70 bits per heavy atom. The molecule has 6 heteroatoms. The molecule has 0 fully saturated rings. The Kier molecular flexibility index (Phi) is 4.70. The molecule has 106 valence electrons. The fourth-order valence-electron chi connectivity index (χ4n) is 1.88. The van der Waals surface area contributed by atoms with E-state index in [1.54, 1.807) is 11.0 Å². The monoisotopic (exact) mass is 274 g/mol. The highest BCUT2D eigenvalue weighted by molar-refractivity contribution is 5.79. The van der Waals surface area contributed by atoms with Gasteiger partial charge < -0.3 is 10.1 Å². The van der Waals surface area contributed by atoms with Gasteiger partial charge in [-0.25, -0.2) is 14.5 Å². The molecule has 0 saturated carbocycles. The van der Waals surface area contributed by atoms with Crippen molar-refractivity contribution in [3.8, 4) is 0 Å². The van der Waals surface area contributed by atoms with Crippen LogP contribution in [0.15, 0.2) is 36.9 Å². The van der Waals surface area contributed by atoms with Crippen LogP contribution in [-0.2, 0) is 16.1 Å². The van der Waals surface area contributed by atoms with Crippen LogP contribution in [0.1, 0.15) is 18.9 Å². The van der Waals surface area contributed by atoms with Crippen molar-refractivity contribution in [2.75, 3.05) is 12.4 Å². The summed E-state index contributed by atoms with van der Waals surface area (Å²) >= 11 is 0. The normalized spacial score (nSPS) is 11.9. The quantitative estimate of drug-likeness (QED) is 0.812. The zero-order valence-corrected chi connectivity index (χ0v) is 11.6. The van der Waals surface area contributed by atoms with Gasteiger partial charge in [-0.05, 0) is 24.1 Å². The summed E-state index contributed by atoms with van der Waals surface area (Å²) < 4.78 is 6.51. The van der Waals surface area contributed by atoms with E-state index >= 15 is 0 Å². The molecule has 0 radical (unpaired) electrons. The third-order valence-corrected chi connectivity index (χ3v) is 3.00. The van der Waals surface area contributed by atoms with Crippen molar-refractivity contribution in [2.24, 2.45) is 0 Å². The number of hydrogen-bond donors (Lipinski definition) is 1. The van der Waals surface area contributed by atoms with E-state index < -0.39 is 0 Å². The van der Waals surface area contributed by atoms with E-state index in [4.69, 9.17) is 4.74 Å². The van der Waals surface area contributed by atoms with Crippen molar-refractivity contribution in [2.45, 2.75) is 25.9 Å². The molecule has 0 saturated heterocycles. The maximum absolute atomic E-state index is 11.5. The van der Waals surface area contributed by atoms with Gasteiger partial charge in [0.15, 0.2) is 0 Å². The number of carbonyl (C=O) groups excluding carboxylic acids is 1. The van der Waals surface area contributed by atoms with Gasteiger partial charge in [0.25, 0.3) is 0 Å². The smallest absolute Gasteiger partial charge is 0.328 e. The lowest BCUT2D eigenvalue weighted by molar-refractivity contribution is -0.141. The van der Waals surface area contributed by atoms with E-state index in [9.17, 15) is 4.79 Å². The minimum Gasteiger partial charge on any atom is -0.467 e. The molecule has 6 nitrogen and oxygen atoms in total. The van der Waals surface area contributed by atoms with Gasteiger partial charge in [0.05, 0.1) is 13.7 Å². The largest absolute Gasteiger partial charge is 0.467 e. The molecule has 2 aromatic rings. The van der Waals surface area contributed by atoms with Crippen molar-refractivity contribution in [1.29, 1.82) is 0 Å². The van der Waals surface area contributed by atoms with Crippen LogP contribution >= 0.6 is 0 Å². The molecule has 1 aromatic heterocycles. The molecular weight excluding hydrogens is 256 g/mol. The maximum atomic E-state index is 11.5. The number of rotatable bonds is 6. The Labute approximate surface area is 117 Å². The molecule has 20 heavy (non-hydrogen) atoms. The molecule has 0 aliphatic rings. The van der Waals surface area contributed by atoms with Crippen LogP contribution in [0, 0.1) is 0 Å². The Morgan fingerprint density at radius 2 is 2.15 bits per heavy atom. The van der Waals surface area contributed by atoms with Gasteiger partial charge in [0.2, 0.25) is 0 Å². The number of nitrogens with one attached hydrogen (secondary N) is 1. The first-order valence-corrected chi connectivity index (χ1v) is 6.48. The summed E-state index contributed by atoms with van der Waals surface area (Å²) in [6.45, 7) is 2.61. The molecule has 1 aromatic carbocycles. The van der Waals surface area contributed by atoms with Gasteiger partial charge in [-0.1, -0.05) is 19.1 Å². The standard InChI is InChI=1S/C14H18N4O2/c1-3-13(14(19)20-2)17-12-6-4-11(5-7-12)8-18-10-15-9-16-18/h4-7,9-10,13,17H,3,8H2,1-2H3. The molecule has 0 amide bonds. The minimum absolute atomic E-state index is 0.251. The van der Waals surface area contributed by atoms with Crippen LogP contribution in [0.3, 0.4) is 0 Å². The fourth-order valence-corrected chi connectivity index (χ4v) is 1.88. The molecule has 1 atom stereocenters. The molecule has 0 spiro atoms. The van der Waals surface area contributed by atoms with Crippen molar-refractivity contribution >= 4 is 11.7 Å². The van der Waals surface area contributed by atoms with Crippen LogP contribution in [-0.4, -0.2) is 33.9 Å². The molecule has 1 N–H and O–H groups in total.